The summed E-state index contributed by atoms with van der Waals surface area (Å²) in [7, 11) is 1.78. The minimum atomic E-state index is 0.0222. The summed E-state index contributed by atoms with van der Waals surface area (Å²) < 4.78 is 4.89. The molecule has 4 aliphatic rings. The highest BCUT2D eigenvalue weighted by Crippen LogP contribution is 2.67. The van der Waals surface area contributed by atoms with Crippen molar-refractivity contribution in [3.8, 4) is 11.8 Å². The van der Waals surface area contributed by atoms with Crippen LogP contribution in [0.1, 0.15) is 105 Å². The lowest BCUT2D eigenvalue weighted by atomic mass is 9.47. The molecular formula is C36H59NO5. The Morgan fingerprint density at radius 3 is 2.64 bits per heavy atom. The topological polar surface area (TPSA) is 77.0 Å². The maximum Gasteiger partial charge on any atom is 0.133 e. The van der Waals surface area contributed by atoms with Gasteiger partial charge in [0.15, 0.2) is 0 Å². The number of nitrogens with one attached hydrogen (secondary N) is 1. The second-order valence-corrected chi connectivity index (χ2v) is 14.2. The summed E-state index contributed by atoms with van der Waals surface area (Å²) in [5, 5.41) is 11.7. The van der Waals surface area contributed by atoms with Crippen LogP contribution in [0.4, 0.5) is 0 Å². The molecule has 42 heavy (non-hydrogen) atoms. The van der Waals surface area contributed by atoms with E-state index in [0.717, 1.165) is 54.4 Å². The molecule has 0 heterocycles. The fourth-order valence-corrected chi connectivity index (χ4v) is 9.24. The molecule has 0 aromatic carbocycles. The van der Waals surface area contributed by atoms with Crippen LogP contribution < -0.4 is 5.32 Å². The smallest absolute Gasteiger partial charge is 0.133 e. The van der Waals surface area contributed by atoms with Crippen molar-refractivity contribution in [1.29, 1.82) is 0 Å². The third-order valence-corrected chi connectivity index (χ3v) is 11.3. The lowest BCUT2D eigenvalue weighted by Gasteiger charge is -2.58. The van der Waals surface area contributed by atoms with Crippen molar-refractivity contribution in [3.63, 3.8) is 0 Å². The van der Waals surface area contributed by atoms with E-state index in [1.807, 2.05) is 0 Å². The number of rotatable bonds is 12. The number of ether oxygens (including phenoxy) is 1. The van der Waals surface area contributed by atoms with E-state index in [-0.39, 0.29) is 19.3 Å². The summed E-state index contributed by atoms with van der Waals surface area (Å²) >= 11 is 0. The van der Waals surface area contributed by atoms with Gasteiger partial charge in [0.05, 0.1) is 25.5 Å². The molecule has 3 fully saturated rings. The van der Waals surface area contributed by atoms with Gasteiger partial charge in [0.2, 0.25) is 0 Å². The predicted molar refractivity (Wildman–Crippen MR) is 169 cm³/mol. The number of aliphatic hydroxyl groups is 1. The van der Waals surface area contributed by atoms with Crippen molar-refractivity contribution >= 4 is 5.94 Å². The SMILES string of the molecule is CC(C)CCCC(C)C1CCC2C3CC=C4CC(OOCCO)CC[C@]4(C)C3CC[C@]12C.CNCOCC#CC=C=O. The van der Waals surface area contributed by atoms with Crippen LogP contribution in [0.25, 0.3) is 0 Å². The highest BCUT2D eigenvalue weighted by Gasteiger charge is 2.59. The van der Waals surface area contributed by atoms with Crippen molar-refractivity contribution in [2.24, 2.45) is 46.3 Å². The minimum Gasteiger partial charge on any atom is -0.394 e. The van der Waals surface area contributed by atoms with Crippen molar-refractivity contribution in [2.45, 2.75) is 111 Å². The zero-order valence-corrected chi connectivity index (χ0v) is 27.4. The van der Waals surface area contributed by atoms with Crippen LogP contribution in [0.5, 0.6) is 0 Å². The van der Waals surface area contributed by atoms with Gasteiger partial charge >= 0.3 is 0 Å². The Kier molecular flexibility index (Phi) is 14.3. The molecule has 0 aliphatic heterocycles. The van der Waals surface area contributed by atoms with E-state index in [2.05, 4.69) is 57.9 Å². The first kappa shape index (κ1) is 35.0. The number of fused-ring (bicyclic) bond motifs is 5. The first-order valence-electron chi connectivity index (χ1n) is 16.7. The van der Waals surface area contributed by atoms with Crippen LogP contribution in [-0.2, 0) is 19.3 Å². The number of carbonyl (C=O) groups excluding carboxylic acids is 1. The number of hydrogen-bond donors (Lipinski definition) is 2. The maximum absolute atomic E-state index is 9.56. The van der Waals surface area contributed by atoms with Crippen LogP contribution in [0.3, 0.4) is 0 Å². The normalized spacial score (nSPS) is 33.9. The highest BCUT2D eigenvalue weighted by molar-refractivity contribution is 5.51. The molecule has 0 amide bonds. The second-order valence-electron chi connectivity index (χ2n) is 14.2. The third-order valence-electron chi connectivity index (χ3n) is 11.3. The molecule has 238 valence electrons. The van der Waals surface area contributed by atoms with Crippen molar-refractivity contribution in [1.82, 2.24) is 5.32 Å². The molecule has 0 spiro atoms. The number of allylic oxidation sites excluding steroid dienone is 2. The van der Waals surface area contributed by atoms with E-state index in [4.69, 9.17) is 19.6 Å². The van der Waals surface area contributed by atoms with Crippen LogP contribution in [-0.4, -0.2) is 50.8 Å². The summed E-state index contributed by atoms with van der Waals surface area (Å²) in [5.74, 6) is 11.9. The van der Waals surface area contributed by atoms with E-state index in [1.165, 1.54) is 63.7 Å². The van der Waals surface area contributed by atoms with Crippen LogP contribution in [0, 0.1) is 58.2 Å². The molecule has 2 N–H and O–H groups in total. The zero-order valence-electron chi connectivity index (χ0n) is 27.4. The van der Waals surface area contributed by atoms with E-state index in [9.17, 15) is 4.79 Å². The van der Waals surface area contributed by atoms with Gasteiger partial charge in [0.1, 0.15) is 19.2 Å². The average molecular weight is 586 g/mol. The minimum absolute atomic E-state index is 0.0222. The van der Waals surface area contributed by atoms with Gasteiger partial charge in [0, 0.05) is 0 Å². The molecule has 0 radical (unpaired) electrons. The Morgan fingerprint density at radius 1 is 1.12 bits per heavy atom. The quantitative estimate of drug-likeness (QED) is 0.0493. The van der Waals surface area contributed by atoms with Gasteiger partial charge in [-0.05, 0) is 105 Å². The monoisotopic (exact) mass is 585 g/mol. The first-order valence-corrected chi connectivity index (χ1v) is 16.7. The maximum atomic E-state index is 9.56. The molecule has 4 rings (SSSR count). The van der Waals surface area contributed by atoms with Gasteiger partial charge in [0.25, 0.3) is 0 Å². The fourth-order valence-electron chi connectivity index (χ4n) is 9.24. The Labute approximate surface area is 256 Å². The van der Waals surface area contributed by atoms with Gasteiger partial charge in [-0.3, -0.25) is 5.32 Å². The third kappa shape index (κ3) is 8.81. The van der Waals surface area contributed by atoms with Crippen molar-refractivity contribution in [2.75, 3.05) is 33.6 Å². The fraction of sp³-hybridized carbons (Fsp3) is 0.833. The van der Waals surface area contributed by atoms with Crippen molar-refractivity contribution in [3.05, 3.63) is 17.7 Å². The Bertz CT molecular complexity index is 962. The van der Waals surface area contributed by atoms with Crippen molar-refractivity contribution < 1.29 is 24.4 Å². The molecule has 0 aromatic heterocycles. The summed E-state index contributed by atoms with van der Waals surface area (Å²) in [4.78, 5) is 20.4. The first-order chi connectivity index (χ1) is 20.2. The summed E-state index contributed by atoms with van der Waals surface area (Å²) in [6.45, 7) is 13.7. The highest BCUT2D eigenvalue weighted by atomic mass is 17.2. The average Bonchev–Trinajstić information content (AvgIpc) is 3.32. The van der Waals surface area contributed by atoms with Gasteiger partial charge in [-0.15, -0.1) is 0 Å². The molecule has 6 heteroatoms. The standard InChI is InChI=1S/C29H50O3.C7H9NO2/c1-20(2)7-6-8-21(3)25-11-12-26-24-10-9-22-19-23(32-31-18-17-30)13-15-28(22,4)27(24)14-16-29(25,26)5;1-8-7-10-6-4-2-3-5-9/h9,20-21,23-27,30H,6-8,10-19H2,1-5H3;3,8H,6-7H2,1H3/t21?,23?,24?,25?,26?,27?,28-,29+;/m0./s1. The summed E-state index contributed by atoms with van der Waals surface area (Å²) in [6, 6.07) is 0. The molecule has 0 aromatic rings. The second kappa shape index (κ2) is 17.1. The van der Waals surface area contributed by atoms with E-state index in [0.29, 0.717) is 24.2 Å². The lowest BCUT2D eigenvalue weighted by Crippen LogP contribution is -2.51. The Morgan fingerprint density at radius 2 is 1.93 bits per heavy atom. The largest absolute Gasteiger partial charge is 0.394 e. The lowest BCUT2D eigenvalue weighted by molar-refractivity contribution is -0.331. The van der Waals surface area contributed by atoms with Gasteiger partial charge in [-0.25, -0.2) is 14.6 Å². The van der Waals surface area contributed by atoms with E-state index in [1.54, 1.807) is 12.6 Å². The van der Waals surface area contributed by atoms with Crippen LogP contribution >= 0.6 is 0 Å². The van der Waals surface area contributed by atoms with Crippen LogP contribution in [0.2, 0.25) is 0 Å². The molecule has 3 saturated carbocycles. The number of aliphatic hydroxyl groups excluding tert-OH is 1. The van der Waals surface area contributed by atoms with E-state index >= 15 is 0 Å². The molecule has 6 nitrogen and oxygen atoms in total. The van der Waals surface area contributed by atoms with Gasteiger partial charge < -0.3 is 9.84 Å². The molecule has 4 aliphatic carbocycles. The molecule has 0 bridgehead atoms. The Hall–Kier alpha value is -1.45. The van der Waals surface area contributed by atoms with Gasteiger partial charge in [-0.1, -0.05) is 77.4 Å². The molecule has 8 atom stereocenters. The van der Waals surface area contributed by atoms with Gasteiger partial charge in [-0.2, -0.15) is 0 Å². The predicted octanol–water partition coefficient (Wildman–Crippen LogP) is 6.91. The Balaban J connectivity index is 0.000000416. The van der Waals surface area contributed by atoms with Crippen LogP contribution in [0.15, 0.2) is 17.7 Å². The molecular weight excluding hydrogens is 526 g/mol. The number of hydrogen-bond acceptors (Lipinski definition) is 6. The summed E-state index contributed by atoms with van der Waals surface area (Å²) in [6.07, 6.45) is 18.6. The molecule has 6 unspecified atom stereocenters. The van der Waals surface area contributed by atoms with E-state index < -0.39 is 0 Å². The summed E-state index contributed by atoms with van der Waals surface area (Å²) in [5.41, 5.74) is 2.57. The molecule has 0 saturated heterocycles. The zero-order chi connectivity index (χ0) is 30.6.